The third-order valence-corrected chi connectivity index (χ3v) is 5.84. The maximum atomic E-state index is 12.5. The molecule has 0 bridgehead atoms. The normalized spacial score (nSPS) is 15.3. The SMILES string of the molecule is CC(=O)N1CCc2ccccc2C1CC(=O)NCCC(=O)Nc1cc(Br)ccc1C. The van der Waals surface area contributed by atoms with Crippen LogP contribution in [0.2, 0.25) is 0 Å². The van der Waals surface area contributed by atoms with Gasteiger partial charge in [0.1, 0.15) is 0 Å². The van der Waals surface area contributed by atoms with E-state index in [2.05, 4.69) is 26.6 Å². The van der Waals surface area contributed by atoms with Crippen LogP contribution in [0.5, 0.6) is 0 Å². The van der Waals surface area contributed by atoms with E-state index >= 15 is 0 Å². The van der Waals surface area contributed by atoms with Crippen molar-refractivity contribution in [3.8, 4) is 0 Å². The second kappa shape index (κ2) is 9.89. The third-order valence-electron chi connectivity index (χ3n) is 5.34. The molecule has 1 aliphatic rings. The van der Waals surface area contributed by atoms with Gasteiger partial charge in [-0.15, -0.1) is 0 Å². The number of amides is 3. The van der Waals surface area contributed by atoms with Crippen LogP contribution in [0.4, 0.5) is 5.69 Å². The van der Waals surface area contributed by atoms with Crippen LogP contribution in [0, 0.1) is 6.92 Å². The topological polar surface area (TPSA) is 78.5 Å². The van der Waals surface area contributed by atoms with Gasteiger partial charge in [0.2, 0.25) is 17.7 Å². The van der Waals surface area contributed by atoms with Crippen LogP contribution in [-0.4, -0.2) is 35.7 Å². The summed E-state index contributed by atoms with van der Waals surface area (Å²) in [4.78, 5) is 38.6. The summed E-state index contributed by atoms with van der Waals surface area (Å²) < 4.78 is 0.888. The number of benzene rings is 2. The van der Waals surface area contributed by atoms with Crippen LogP contribution >= 0.6 is 15.9 Å². The molecule has 1 aliphatic heterocycles. The molecule has 2 N–H and O–H groups in total. The van der Waals surface area contributed by atoms with Crippen molar-refractivity contribution in [3.63, 3.8) is 0 Å². The van der Waals surface area contributed by atoms with Gasteiger partial charge in [0.25, 0.3) is 0 Å². The lowest BCUT2D eigenvalue weighted by Gasteiger charge is -2.36. The average Bonchev–Trinajstić information content (AvgIpc) is 2.70. The molecule has 0 aliphatic carbocycles. The Labute approximate surface area is 185 Å². The van der Waals surface area contributed by atoms with E-state index < -0.39 is 0 Å². The molecule has 0 spiro atoms. The van der Waals surface area contributed by atoms with Crippen molar-refractivity contribution in [3.05, 3.63) is 63.6 Å². The number of anilines is 1. The number of carbonyl (C=O) groups excluding carboxylic acids is 3. The third kappa shape index (κ3) is 5.48. The molecule has 2 aromatic carbocycles. The van der Waals surface area contributed by atoms with Crippen molar-refractivity contribution in [2.24, 2.45) is 0 Å². The molecule has 30 heavy (non-hydrogen) atoms. The number of hydrogen-bond donors (Lipinski definition) is 2. The van der Waals surface area contributed by atoms with Gasteiger partial charge in [-0.1, -0.05) is 46.3 Å². The number of rotatable bonds is 6. The summed E-state index contributed by atoms with van der Waals surface area (Å²) in [6, 6.07) is 13.4. The quantitative estimate of drug-likeness (QED) is 0.673. The molecule has 0 aromatic heterocycles. The maximum absolute atomic E-state index is 12.5. The molecule has 2 aromatic rings. The first kappa shape index (κ1) is 22.0. The Morgan fingerprint density at radius 3 is 2.67 bits per heavy atom. The summed E-state index contributed by atoms with van der Waals surface area (Å²) in [7, 11) is 0. The smallest absolute Gasteiger partial charge is 0.226 e. The number of nitrogens with zero attached hydrogens (tertiary/aromatic N) is 1. The highest BCUT2D eigenvalue weighted by Gasteiger charge is 2.30. The molecule has 6 nitrogen and oxygen atoms in total. The van der Waals surface area contributed by atoms with Crippen LogP contribution in [0.1, 0.15) is 42.5 Å². The zero-order valence-corrected chi connectivity index (χ0v) is 18.8. The van der Waals surface area contributed by atoms with E-state index in [1.165, 1.54) is 12.5 Å². The highest BCUT2D eigenvalue weighted by Crippen LogP contribution is 2.32. The highest BCUT2D eigenvalue weighted by molar-refractivity contribution is 9.10. The molecule has 0 saturated carbocycles. The molecular weight excluding hydrogens is 446 g/mol. The van der Waals surface area contributed by atoms with Gasteiger partial charge < -0.3 is 15.5 Å². The van der Waals surface area contributed by atoms with E-state index in [1.54, 1.807) is 4.90 Å². The van der Waals surface area contributed by atoms with Crippen LogP contribution in [0.25, 0.3) is 0 Å². The largest absolute Gasteiger partial charge is 0.356 e. The van der Waals surface area contributed by atoms with Gasteiger partial charge in [0.05, 0.1) is 12.5 Å². The molecule has 0 fully saturated rings. The maximum Gasteiger partial charge on any atom is 0.226 e. The molecule has 1 atom stereocenters. The lowest BCUT2D eigenvalue weighted by Crippen LogP contribution is -2.41. The fraction of sp³-hybridized carbons (Fsp3) is 0.348. The fourth-order valence-corrected chi connectivity index (χ4v) is 4.11. The summed E-state index contributed by atoms with van der Waals surface area (Å²) in [5.41, 5.74) is 3.92. The minimum Gasteiger partial charge on any atom is -0.356 e. The monoisotopic (exact) mass is 471 g/mol. The van der Waals surface area contributed by atoms with E-state index in [0.29, 0.717) is 6.54 Å². The lowest BCUT2D eigenvalue weighted by atomic mass is 9.90. The predicted octanol–water partition coefficient (Wildman–Crippen LogP) is 3.74. The van der Waals surface area contributed by atoms with E-state index in [1.807, 2.05) is 49.4 Å². The minimum absolute atomic E-state index is 0.0360. The Hall–Kier alpha value is -2.67. The van der Waals surface area contributed by atoms with Gasteiger partial charge in [0.15, 0.2) is 0 Å². The van der Waals surface area contributed by atoms with E-state index in [0.717, 1.165) is 27.7 Å². The number of aryl methyl sites for hydroxylation is 1. The number of halogens is 1. The Bertz CT molecular complexity index is 960. The van der Waals surface area contributed by atoms with Gasteiger partial charge in [-0.2, -0.15) is 0 Å². The number of carbonyl (C=O) groups is 3. The summed E-state index contributed by atoms with van der Waals surface area (Å²) in [5, 5.41) is 5.68. The summed E-state index contributed by atoms with van der Waals surface area (Å²) in [5.74, 6) is -0.370. The van der Waals surface area contributed by atoms with E-state index in [4.69, 9.17) is 0 Å². The lowest BCUT2D eigenvalue weighted by molar-refractivity contribution is -0.133. The Morgan fingerprint density at radius 2 is 1.90 bits per heavy atom. The van der Waals surface area contributed by atoms with Gasteiger partial charge in [0, 0.05) is 36.6 Å². The standard InChI is InChI=1S/C23H26BrN3O3/c1-15-7-8-18(24)13-20(15)26-22(29)9-11-25-23(30)14-21-19-6-4-3-5-17(19)10-12-27(21)16(2)28/h3-8,13,21H,9-12,14H2,1-2H3,(H,25,30)(H,26,29). The second-order valence-corrected chi connectivity index (χ2v) is 8.40. The van der Waals surface area contributed by atoms with Gasteiger partial charge >= 0.3 is 0 Å². The van der Waals surface area contributed by atoms with Crippen molar-refractivity contribution >= 4 is 39.3 Å². The zero-order chi connectivity index (χ0) is 21.7. The van der Waals surface area contributed by atoms with Crippen molar-refractivity contribution < 1.29 is 14.4 Å². The Kier molecular flexibility index (Phi) is 7.26. The highest BCUT2D eigenvalue weighted by atomic mass is 79.9. The van der Waals surface area contributed by atoms with E-state index in [9.17, 15) is 14.4 Å². The average molecular weight is 472 g/mol. The van der Waals surface area contributed by atoms with Gasteiger partial charge in [-0.3, -0.25) is 14.4 Å². The molecule has 1 unspecified atom stereocenters. The Morgan fingerprint density at radius 1 is 1.13 bits per heavy atom. The van der Waals surface area contributed by atoms with Crippen molar-refractivity contribution in [2.45, 2.75) is 39.2 Å². The molecule has 1 heterocycles. The molecule has 158 valence electrons. The first-order valence-corrected chi connectivity index (χ1v) is 10.8. The van der Waals surface area contributed by atoms with Crippen LogP contribution in [0.15, 0.2) is 46.9 Å². The minimum atomic E-state index is -0.273. The first-order valence-electron chi connectivity index (χ1n) is 10.0. The van der Waals surface area contributed by atoms with Gasteiger partial charge in [-0.05, 0) is 42.2 Å². The van der Waals surface area contributed by atoms with Crippen LogP contribution in [0.3, 0.4) is 0 Å². The van der Waals surface area contributed by atoms with Crippen molar-refractivity contribution in [2.75, 3.05) is 18.4 Å². The van der Waals surface area contributed by atoms with Crippen LogP contribution in [-0.2, 0) is 20.8 Å². The molecule has 3 amide bonds. The molecule has 3 rings (SSSR count). The van der Waals surface area contributed by atoms with Crippen molar-refractivity contribution in [1.82, 2.24) is 10.2 Å². The number of fused-ring (bicyclic) bond motifs is 1. The van der Waals surface area contributed by atoms with Gasteiger partial charge in [-0.25, -0.2) is 0 Å². The zero-order valence-electron chi connectivity index (χ0n) is 17.2. The summed E-state index contributed by atoms with van der Waals surface area (Å²) in [6.45, 7) is 4.31. The molecule has 0 radical (unpaired) electrons. The molecule has 0 saturated heterocycles. The molecule has 7 heteroatoms. The second-order valence-electron chi connectivity index (χ2n) is 7.49. The number of hydrogen-bond acceptors (Lipinski definition) is 3. The van der Waals surface area contributed by atoms with E-state index in [-0.39, 0.29) is 43.1 Å². The summed E-state index contributed by atoms with van der Waals surface area (Å²) in [6.07, 6.45) is 1.15. The number of nitrogens with one attached hydrogen (secondary N) is 2. The fourth-order valence-electron chi connectivity index (χ4n) is 3.75. The molecular formula is C23H26BrN3O3. The Balaban J connectivity index is 1.54. The van der Waals surface area contributed by atoms with Crippen molar-refractivity contribution in [1.29, 1.82) is 0 Å². The predicted molar refractivity (Wildman–Crippen MR) is 120 cm³/mol. The van der Waals surface area contributed by atoms with Crippen LogP contribution < -0.4 is 10.6 Å². The first-order chi connectivity index (χ1) is 14.3. The summed E-state index contributed by atoms with van der Waals surface area (Å²) >= 11 is 3.40.